The Bertz CT molecular complexity index is 636. The van der Waals surface area contributed by atoms with Crippen molar-refractivity contribution < 1.29 is 27.5 Å². The molecule has 0 unspecified atom stereocenters. The Morgan fingerprint density at radius 3 is 2.53 bits per heavy atom. The van der Waals surface area contributed by atoms with E-state index in [1.165, 1.54) is 0 Å². The van der Waals surface area contributed by atoms with E-state index in [-0.39, 0.29) is 15.4 Å². The maximum absolute atomic E-state index is 13.8. The summed E-state index contributed by atoms with van der Waals surface area (Å²) in [5.41, 5.74) is -1.77. The molecular weight excluding hydrogens is 286 g/mol. The number of carboxylic acid groups (broad SMARTS) is 1. The van der Waals surface area contributed by atoms with Gasteiger partial charge in [0.25, 0.3) is 0 Å². The summed E-state index contributed by atoms with van der Waals surface area (Å²) in [5.74, 6) is -2.72. The van der Waals surface area contributed by atoms with Gasteiger partial charge in [-0.3, -0.25) is 0 Å². The Balaban J connectivity index is 2.54. The summed E-state index contributed by atoms with van der Waals surface area (Å²) in [6.45, 7) is 0. The average molecular weight is 291 g/mol. The summed E-state index contributed by atoms with van der Waals surface area (Å²) in [7, 11) is 0. The third-order valence-corrected chi connectivity index (χ3v) is 3.27. The van der Waals surface area contributed by atoms with E-state index in [0.717, 1.165) is 18.3 Å². The lowest BCUT2D eigenvalue weighted by molar-refractivity contribution is -0.139. The summed E-state index contributed by atoms with van der Waals surface area (Å²) in [5, 5.41) is 8.58. The number of halogens is 4. The molecule has 0 spiro atoms. The maximum Gasteiger partial charge on any atom is 0.419 e. The molecule has 0 saturated heterocycles. The standard InChI is InChI=1S/C11H5F4NO2S/c12-8-5(2-1-3-6(8)11(13,14)15)9-16-4-7(19-9)10(17)18/h1-4H,(H,17,18). The molecule has 1 aromatic carbocycles. The lowest BCUT2D eigenvalue weighted by Crippen LogP contribution is -2.08. The highest BCUT2D eigenvalue weighted by molar-refractivity contribution is 7.16. The molecule has 0 bridgehead atoms. The Hall–Kier alpha value is -1.96. The second-order valence-electron chi connectivity index (χ2n) is 3.50. The van der Waals surface area contributed by atoms with Crippen LogP contribution in [0.25, 0.3) is 10.6 Å². The van der Waals surface area contributed by atoms with E-state index in [2.05, 4.69) is 4.98 Å². The van der Waals surface area contributed by atoms with Crippen molar-refractivity contribution in [1.29, 1.82) is 0 Å². The lowest BCUT2D eigenvalue weighted by atomic mass is 10.1. The van der Waals surface area contributed by atoms with Gasteiger partial charge in [0.2, 0.25) is 0 Å². The Morgan fingerprint density at radius 2 is 2.00 bits per heavy atom. The largest absolute Gasteiger partial charge is 0.477 e. The van der Waals surface area contributed by atoms with E-state index in [1.54, 1.807) is 0 Å². The Labute approximate surface area is 108 Å². The molecule has 1 heterocycles. The fourth-order valence-electron chi connectivity index (χ4n) is 1.41. The molecule has 100 valence electrons. The first kappa shape index (κ1) is 13.5. The number of hydrogen-bond donors (Lipinski definition) is 1. The molecule has 2 rings (SSSR count). The zero-order valence-electron chi connectivity index (χ0n) is 9.03. The van der Waals surface area contributed by atoms with Crippen molar-refractivity contribution in [3.63, 3.8) is 0 Å². The molecule has 0 aliphatic carbocycles. The number of aromatic carboxylic acids is 1. The Morgan fingerprint density at radius 1 is 1.32 bits per heavy atom. The van der Waals surface area contributed by atoms with Crippen LogP contribution in [0, 0.1) is 5.82 Å². The van der Waals surface area contributed by atoms with Crippen LogP contribution in [0.1, 0.15) is 15.2 Å². The third-order valence-electron chi connectivity index (χ3n) is 2.25. The monoisotopic (exact) mass is 291 g/mol. The quantitative estimate of drug-likeness (QED) is 0.859. The fourth-order valence-corrected chi connectivity index (χ4v) is 2.19. The molecule has 0 aliphatic rings. The summed E-state index contributed by atoms with van der Waals surface area (Å²) < 4.78 is 51.3. The van der Waals surface area contributed by atoms with Gasteiger partial charge in [0.1, 0.15) is 15.7 Å². The molecule has 0 radical (unpaired) electrons. The van der Waals surface area contributed by atoms with Crippen molar-refractivity contribution >= 4 is 17.3 Å². The van der Waals surface area contributed by atoms with E-state index in [1.807, 2.05) is 0 Å². The highest BCUT2D eigenvalue weighted by Gasteiger charge is 2.35. The second kappa shape index (κ2) is 4.61. The van der Waals surface area contributed by atoms with Crippen LogP contribution in [-0.4, -0.2) is 16.1 Å². The molecular formula is C11H5F4NO2S. The number of nitrogens with zero attached hydrogens (tertiary/aromatic N) is 1. The van der Waals surface area contributed by atoms with Crippen LogP contribution in [-0.2, 0) is 6.18 Å². The average Bonchev–Trinajstić information content (AvgIpc) is 2.77. The van der Waals surface area contributed by atoms with Gasteiger partial charge >= 0.3 is 12.1 Å². The van der Waals surface area contributed by atoms with Crippen LogP contribution in [0.15, 0.2) is 24.4 Å². The number of carbonyl (C=O) groups is 1. The van der Waals surface area contributed by atoms with Crippen molar-refractivity contribution in [1.82, 2.24) is 4.98 Å². The lowest BCUT2D eigenvalue weighted by Gasteiger charge is -2.09. The van der Waals surface area contributed by atoms with Gasteiger partial charge in [0.05, 0.1) is 11.8 Å². The van der Waals surface area contributed by atoms with Crippen molar-refractivity contribution in [3.8, 4) is 10.6 Å². The minimum Gasteiger partial charge on any atom is -0.477 e. The fraction of sp³-hybridized carbons (Fsp3) is 0.0909. The summed E-state index contributed by atoms with van der Waals surface area (Å²) >= 11 is 0.610. The third kappa shape index (κ3) is 2.58. The molecule has 3 nitrogen and oxygen atoms in total. The topological polar surface area (TPSA) is 50.2 Å². The first-order chi connectivity index (χ1) is 8.80. The van der Waals surface area contributed by atoms with E-state index in [9.17, 15) is 22.4 Å². The minimum absolute atomic E-state index is 0.110. The van der Waals surface area contributed by atoms with Gasteiger partial charge in [-0.25, -0.2) is 14.2 Å². The molecule has 1 N–H and O–H groups in total. The molecule has 8 heteroatoms. The van der Waals surface area contributed by atoms with Crippen LogP contribution >= 0.6 is 11.3 Å². The van der Waals surface area contributed by atoms with Crippen molar-refractivity contribution in [3.05, 3.63) is 40.7 Å². The smallest absolute Gasteiger partial charge is 0.419 e. The van der Waals surface area contributed by atoms with E-state index < -0.39 is 23.5 Å². The van der Waals surface area contributed by atoms with Crippen molar-refractivity contribution in [2.45, 2.75) is 6.18 Å². The molecule has 0 amide bonds. The summed E-state index contributed by atoms with van der Waals surface area (Å²) in [6, 6.07) is 2.78. The number of aromatic nitrogens is 1. The van der Waals surface area contributed by atoms with E-state index in [4.69, 9.17) is 5.11 Å². The van der Waals surface area contributed by atoms with Crippen LogP contribution in [0.5, 0.6) is 0 Å². The van der Waals surface area contributed by atoms with Gasteiger partial charge in [0, 0.05) is 5.56 Å². The van der Waals surface area contributed by atoms with Crippen LogP contribution in [0.2, 0.25) is 0 Å². The normalized spacial score (nSPS) is 11.6. The first-order valence-corrected chi connectivity index (χ1v) is 5.67. The van der Waals surface area contributed by atoms with Gasteiger partial charge < -0.3 is 5.11 Å². The predicted octanol–water partition coefficient (Wildman–Crippen LogP) is 3.67. The summed E-state index contributed by atoms with van der Waals surface area (Å²) in [4.78, 5) is 14.1. The minimum atomic E-state index is -4.81. The molecule has 0 atom stereocenters. The first-order valence-electron chi connectivity index (χ1n) is 4.86. The molecule has 1 aromatic heterocycles. The number of hydrogen-bond acceptors (Lipinski definition) is 3. The number of rotatable bonds is 2. The van der Waals surface area contributed by atoms with Crippen molar-refractivity contribution in [2.24, 2.45) is 0 Å². The Kier molecular flexibility index (Phi) is 3.27. The van der Waals surface area contributed by atoms with Crippen LogP contribution in [0.4, 0.5) is 17.6 Å². The number of thiazole rings is 1. The van der Waals surface area contributed by atoms with Crippen molar-refractivity contribution in [2.75, 3.05) is 0 Å². The number of benzene rings is 1. The van der Waals surface area contributed by atoms with Crippen LogP contribution < -0.4 is 0 Å². The second-order valence-corrected chi connectivity index (χ2v) is 4.53. The zero-order valence-corrected chi connectivity index (χ0v) is 9.85. The maximum atomic E-state index is 13.8. The summed E-state index contributed by atoms with van der Waals surface area (Å²) in [6.07, 6.45) is -3.84. The molecule has 0 fully saturated rings. The van der Waals surface area contributed by atoms with Gasteiger partial charge in [0.15, 0.2) is 0 Å². The van der Waals surface area contributed by atoms with E-state index in [0.29, 0.717) is 17.4 Å². The highest BCUT2D eigenvalue weighted by Crippen LogP contribution is 2.36. The van der Waals surface area contributed by atoms with Crippen LogP contribution in [0.3, 0.4) is 0 Å². The van der Waals surface area contributed by atoms with Gasteiger partial charge in [-0.2, -0.15) is 13.2 Å². The predicted molar refractivity (Wildman–Crippen MR) is 59.5 cm³/mol. The zero-order chi connectivity index (χ0) is 14.2. The van der Waals surface area contributed by atoms with Gasteiger partial charge in [-0.1, -0.05) is 6.07 Å². The molecule has 0 aliphatic heterocycles. The van der Waals surface area contributed by atoms with E-state index >= 15 is 0 Å². The molecule has 19 heavy (non-hydrogen) atoms. The molecule has 2 aromatic rings. The highest BCUT2D eigenvalue weighted by atomic mass is 32.1. The van der Waals surface area contributed by atoms with Gasteiger partial charge in [-0.15, -0.1) is 11.3 Å². The number of alkyl halides is 3. The SMILES string of the molecule is O=C(O)c1cnc(-c2cccc(C(F)(F)F)c2F)s1. The molecule has 0 saturated carbocycles. The van der Waals surface area contributed by atoms with Gasteiger partial charge in [-0.05, 0) is 12.1 Å². The number of carboxylic acids is 1.